The predicted octanol–water partition coefficient (Wildman–Crippen LogP) is 1.01. The van der Waals surface area contributed by atoms with E-state index < -0.39 is 0 Å². The second kappa shape index (κ2) is 7.85. The van der Waals surface area contributed by atoms with Gasteiger partial charge in [-0.1, -0.05) is 0 Å². The zero-order chi connectivity index (χ0) is 17.9. The van der Waals surface area contributed by atoms with Crippen molar-refractivity contribution < 1.29 is 14.3 Å². The lowest BCUT2D eigenvalue weighted by molar-refractivity contribution is 0.0576. The zero-order valence-corrected chi connectivity index (χ0v) is 15.6. The molecule has 25 heavy (non-hydrogen) atoms. The van der Waals surface area contributed by atoms with E-state index in [4.69, 9.17) is 9.47 Å². The van der Waals surface area contributed by atoms with Crippen LogP contribution in [0.4, 0.5) is 0 Å². The Kier molecular flexibility index (Phi) is 5.76. The number of hydrogen-bond donors (Lipinski definition) is 0. The standard InChI is InChI=1S/C18H30N4O3/c1-20-7-4-16(19-20)17(23)21-8-5-18(6-9-21)12-15(13-25-3)22(14-18)10-11-24-2/h4,7,15H,5-6,8-14H2,1-3H3. The minimum absolute atomic E-state index is 0.0538. The molecule has 1 amide bonds. The van der Waals surface area contributed by atoms with Crippen LogP contribution in [0.15, 0.2) is 12.3 Å². The van der Waals surface area contributed by atoms with Crippen molar-refractivity contribution in [2.75, 3.05) is 53.6 Å². The molecule has 0 radical (unpaired) electrons. The van der Waals surface area contributed by atoms with E-state index in [1.54, 1.807) is 25.0 Å². The SMILES string of the molecule is COCCN1CC2(CCN(C(=O)c3ccn(C)n3)CC2)CC1COC. The molecule has 2 fully saturated rings. The summed E-state index contributed by atoms with van der Waals surface area (Å²) in [6, 6.07) is 2.25. The second-order valence-corrected chi connectivity index (χ2v) is 7.44. The van der Waals surface area contributed by atoms with E-state index in [0.29, 0.717) is 17.2 Å². The molecule has 1 spiro atoms. The van der Waals surface area contributed by atoms with E-state index >= 15 is 0 Å². The van der Waals surface area contributed by atoms with Crippen LogP contribution >= 0.6 is 0 Å². The fraction of sp³-hybridized carbons (Fsp3) is 0.778. The van der Waals surface area contributed by atoms with Gasteiger partial charge in [-0.05, 0) is 30.7 Å². The molecule has 0 aliphatic carbocycles. The number of amides is 1. The quantitative estimate of drug-likeness (QED) is 0.766. The van der Waals surface area contributed by atoms with Crippen LogP contribution in [-0.2, 0) is 16.5 Å². The van der Waals surface area contributed by atoms with E-state index in [1.807, 2.05) is 18.1 Å². The zero-order valence-electron chi connectivity index (χ0n) is 15.6. The molecule has 0 saturated carbocycles. The molecule has 2 aliphatic rings. The van der Waals surface area contributed by atoms with Gasteiger partial charge in [0.15, 0.2) is 0 Å². The molecule has 0 bridgehead atoms. The van der Waals surface area contributed by atoms with Crippen LogP contribution in [0.25, 0.3) is 0 Å². The molecule has 140 valence electrons. The maximum absolute atomic E-state index is 12.6. The van der Waals surface area contributed by atoms with Crippen molar-refractivity contribution in [1.82, 2.24) is 19.6 Å². The fourth-order valence-electron chi connectivity index (χ4n) is 4.32. The molecule has 7 heteroatoms. The molecule has 3 rings (SSSR count). The van der Waals surface area contributed by atoms with E-state index in [2.05, 4.69) is 10.00 Å². The smallest absolute Gasteiger partial charge is 0.274 e. The molecule has 0 aromatic carbocycles. The number of ether oxygens (including phenoxy) is 2. The average Bonchev–Trinajstić information content (AvgIpc) is 3.18. The van der Waals surface area contributed by atoms with Crippen LogP contribution in [0, 0.1) is 5.41 Å². The monoisotopic (exact) mass is 350 g/mol. The predicted molar refractivity (Wildman–Crippen MR) is 94.5 cm³/mol. The molecule has 3 heterocycles. The highest BCUT2D eigenvalue weighted by Crippen LogP contribution is 2.43. The summed E-state index contributed by atoms with van der Waals surface area (Å²) in [6.07, 6.45) is 5.07. The Morgan fingerprint density at radius 3 is 2.68 bits per heavy atom. The molecular formula is C18H30N4O3. The topological polar surface area (TPSA) is 59.8 Å². The highest BCUT2D eigenvalue weighted by Gasteiger charge is 2.45. The van der Waals surface area contributed by atoms with Crippen molar-refractivity contribution in [3.05, 3.63) is 18.0 Å². The number of aryl methyl sites for hydroxylation is 1. The highest BCUT2D eigenvalue weighted by molar-refractivity contribution is 5.92. The molecule has 1 aromatic heterocycles. The van der Waals surface area contributed by atoms with Crippen LogP contribution in [0.5, 0.6) is 0 Å². The summed E-state index contributed by atoms with van der Waals surface area (Å²) in [7, 11) is 5.36. The maximum Gasteiger partial charge on any atom is 0.274 e. The van der Waals surface area contributed by atoms with Crippen molar-refractivity contribution in [2.24, 2.45) is 12.5 Å². The van der Waals surface area contributed by atoms with Gasteiger partial charge >= 0.3 is 0 Å². The summed E-state index contributed by atoms with van der Waals surface area (Å²) in [4.78, 5) is 17.1. The number of rotatable bonds is 6. The van der Waals surface area contributed by atoms with Gasteiger partial charge in [-0.15, -0.1) is 0 Å². The first-order valence-electron chi connectivity index (χ1n) is 9.08. The second-order valence-electron chi connectivity index (χ2n) is 7.44. The Morgan fingerprint density at radius 1 is 1.32 bits per heavy atom. The van der Waals surface area contributed by atoms with Gasteiger partial charge < -0.3 is 14.4 Å². The van der Waals surface area contributed by atoms with Crippen molar-refractivity contribution in [3.63, 3.8) is 0 Å². The van der Waals surface area contributed by atoms with Gasteiger partial charge in [0, 0.05) is 59.7 Å². The highest BCUT2D eigenvalue weighted by atomic mass is 16.5. The number of hydrogen-bond acceptors (Lipinski definition) is 5. The van der Waals surface area contributed by atoms with Gasteiger partial charge in [-0.3, -0.25) is 14.4 Å². The number of likely N-dealkylation sites (tertiary alicyclic amines) is 2. The summed E-state index contributed by atoms with van der Waals surface area (Å²) in [6.45, 7) is 5.17. The molecular weight excluding hydrogens is 320 g/mol. The first kappa shape index (κ1) is 18.4. The van der Waals surface area contributed by atoms with Gasteiger partial charge in [0.25, 0.3) is 5.91 Å². The lowest BCUT2D eigenvalue weighted by atomic mass is 9.76. The third kappa shape index (κ3) is 4.04. The number of aromatic nitrogens is 2. The molecule has 1 atom stereocenters. The number of carbonyl (C=O) groups is 1. The molecule has 1 aromatic rings. The van der Waals surface area contributed by atoms with Crippen LogP contribution < -0.4 is 0 Å². The van der Waals surface area contributed by atoms with E-state index in [9.17, 15) is 4.79 Å². The summed E-state index contributed by atoms with van der Waals surface area (Å²) >= 11 is 0. The Hall–Kier alpha value is -1.44. The Morgan fingerprint density at radius 2 is 2.08 bits per heavy atom. The Labute approximate surface area is 149 Å². The third-order valence-corrected chi connectivity index (χ3v) is 5.71. The van der Waals surface area contributed by atoms with Gasteiger partial charge in [0.2, 0.25) is 0 Å². The van der Waals surface area contributed by atoms with Gasteiger partial charge in [-0.2, -0.15) is 5.10 Å². The summed E-state index contributed by atoms with van der Waals surface area (Å²) in [5.74, 6) is 0.0538. The molecule has 1 unspecified atom stereocenters. The van der Waals surface area contributed by atoms with E-state index in [1.165, 1.54) is 0 Å². The lowest BCUT2D eigenvalue weighted by Crippen LogP contribution is -2.44. The van der Waals surface area contributed by atoms with Crippen LogP contribution in [0.1, 0.15) is 29.8 Å². The van der Waals surface area contributed by atoms with Crippen molar-refractivity contribution >= 4 is 5.91 Å². The minimum atomic E-state index is 0.0538. The summed E-state index contributed by atoms with van der Waals surface area (Å²) in [5, 5.41) is 4.24. The lowest BCUT2D eigenvalue weighted by Gasteiger charge is -2.39. The average molecular weight is 350 g/mol. The Balaban J connectivity index is 1.59. The summed E-state index contributed by atoms with van der Waals surface area (Å²) < 4.78 is 12.4. The molecule has 2 aliphatic heterocycles. The first-order chi connectivity index (χ1) is 12.1. The van der Waals surface area contributed by atoms with E-state index in [-0.39, 0.29) is 5.91 Å². The third-order valence-electron chi connectivity index (χ3n) is 5.71. The number of methoxy groups -OCH3 is 2. The largest absolute Gasteiger partial charge is 0.383 e. The molecule has 7 nitrogen and oxygen atoms in total. The van der Waals surface area contributed by atoms with Crippen LogP contribution in [0.3, 0.4) is 0 Å². The van der Waals surface area contributed by atoms with Crippen LogP contribution in [0.2, 0.25) is 0 Å². The van der Waals surface area contributed by atoms with Crippen molar-refractivity contribution in [2.45, 2.75) is 25.3 Å². The van der Waals surface area contributed by atoms with Crippen molar-refractivity contribution in [1.29, 1.82) is 0 Å². The number of carbonyl (C=O) groups excluding carboxylic acids is 1. The minimum Gasteiger partial charge on any atom is -0.383 e. The number of piperidine rings is 1. The van der Waals surface area contributed by atoms with Gasteiger partial charge in [0.05, 0.1) is 13.2 Å². The van der Waals surface area contributed by atoms with Crippen molar-refractivity contribution in [3.8, 4) is 0 Å². The van der Waals surface area contributed by atoms with E-state index in [0.717, 1.165) is 58.7 Å². The fourth-order valence-corrected chi connectivity index (χ4v) is 4.32. The van der Waals surface area contributed by atoms with Gasteiger partial charge in [-0.25, -0.2) is 0 Å². The molecule has 2 saturated heterocycles. The maximum atomic E-state index is 12.6. The Bertz CT molecular complexity index is 581. The van der Waals surface area contributed by atoms with Gasteiger partial charge in [0.1, 0.15) is 5.69 Å². The van der Waals surface area contributed by atoms with Crippen LogP contribution in [-0.4, -0.2) is 85.1 Å². The number of nitrogens with zero attached hydrogens (tertiary/aromatic N) is 4. The normalized spacial score (nSPS) is 23.5. The first-order valence-corrected chi connectivity index (χ1v) is 9.08. The summed E-state index contributed by atoms with van der Waals surface area (Å²) in [5.41, 5.74) is 0.849. The molecule has 0 N–H and O–H groups in total.